The van der Waals surface area contributed by atoms with Crippen LogP contribution < -0.4 is 0 Å². The highest BCUT2D eigenvalue weighted by atomic mass is 14.2. The molecule has 2 rings (SSSR count). The first-order valence-corrected chi connectivity index (χ1v) is 6.84. The lowest BCUT2D eigenvalue weighted by Gasteiger charge is -2.19. The van der Waals surface area contributed by atoms with Crippen LogP contribution in [0.5, 0.6) is 0 Å². The summed E-state index contributed by atoms with van der Waals surface area (Å²) in [7, 11) is 0. The van der Waals surface area contributed by atoms with Gasteiger partial charge in [0.05, 0.1) is 0 Å². The van der Waals surface area contributed by atoms with Gasteiger partial charge in [0.1, 0.15) is 0 Å². The summed E-state index contributed by atoms with van der Waals surface area (Å²) in [6.07, 6.45) is 2.39. The van der Waals surface area contributed by atoms with E-state index in [1.54, 1.807) is 0 Å². The molecule has 0 N–H and O–H groups in total. The summed E-state index contributed by atoms with van der Waals surface area (Å²) >= 11 is 0. The van der Waals surface area contributed by atoms with Crippen molar-refractivity contribution in [3.8, 4) is 0 Å². The van der Waals surface area contributed by atoms with E-state index in [2.05, 4.69) is 74.5 Å². The zero-order chi connectivity index (χ0) is 12.8. The van der Waals surface area contributed by atoms with Gasteiger partial charge < -0.3 is 0 Å². The summed E-state index contributed by atoms with van der Waals surface area (Å²) < 4.78 is 0. The van der Waals surface area contributed by atoms with E-state index in [4.69, 9.17) is 0 Å². The highest BCUT2D eigenvalue weighted by Gasteiger charge is 2.13. The number of hydrogen-bond donors (Lipinski definition) is 0. The van der Waals surface area contributed by atoms with Gasteiger partial charge in [0, 0.05) is 0 Å². The Bertz CT molecular complexity index is 442. The third-order valence-corrected chi connectivity index (χ3v) is 3.35. The lowest BCUT2D eigenvalue weighted by atomic mass is 9.85. The normalized spacial score (nSPS) is 11.9. The summed E-state index contributed by atoms with van der Waals surface area (Å²) in [5.74, 6) is 1.37. The van der Waals surface area contributed by atoms with E-state index in [9.17, 15) is 0 Å². The standard InChI is InChI=1S/C18H22.CH4/c1-15(2)13-18(17-11-7-4-8-12-17)14-16-9-5-3-6-10-16;/h3-12,15,18H,13-14H2,1-2H3;1H4. The Hall–Kier alpha value is -1.56. The molecule has 1 unspecified atom stereocenters. The molecule has 0 saturated heterocycles. The first-order valence-electron chi connectivity index (χ1n) is 6.84. The van der Waals surface area contributed by atoms with Gasteiger partial charge in [0.2, 0.25) is 0 Å². The average Bonchev–Trinajstić information content (AvgIpc) is 2.40. The molecule has 0 nitrogen and oxygen atoms in total. The second-order valence-corrected chi connectivity index (χ2v) is 5.43. The minimum Gasteiger partial charge on any atom is -0.0776 e. The number of benzene rings is 2. The SMILES string of the molecule is C.CC(C)CC(Cc1ccccc1)c1ccccc1. The lowest BCUT2D eigenvalue weighted by molar-refractivity contribution is 0.497. The molecule has 0 fully saturated rings. The largest absolute Gasteiger partial charge is 0.0776 e. The van der Waals surface area contributed by atoms with Crippen LogP contribution in [-0.4, -0.2) is 0 Å². The van der Waals surface area contributed by atoms with Gasteiger partial charge in [0.25, 0.3) is 0 Å². The quantitative estimate of drug-likeness (QED) is 0.642. The molecule has 0 heteroatoms. The molecule has 2 aromatic rings. The highest BCUT2D eigenvalue weighted by molar-refractivity contribution is 5.24. The summed E-state index contributed by atoms with van der Waals surface area (Å²) in [4.78, 5) is 0. The summed E-state index contributed by atoms with van der Waals surface area (Å²) in [6.45, 7) is 4.61. The molecule has 0 aliphatic carbocycles. The van der Waals surface area contributed by atoms with Crippen molar-refractivity contribution < 1.29 is 0 Å². The summed E-state index contributed by atoms with van der Waals surface area (Å²) in [5.41, 5.74) is 2.90. The fraction of sp³-hybridized carbons (Fsp3) is 0.368. The minimum atomic E-state index is 0. The molecule has 0 heterocycles. The van der Waals surface area contributed by atoms with E-state index >= 15 is 0 Å². The molecular formula is C19H26. The molecule has 2 aromatic carbocycles. The second-order valence-electron chi connectivity index (χ2n) is 5.43. The highest BCUT2D eigenvalue weighted by Crippen LogP contribution is 2.27. The molecule has 102 valence electrons. The molecule has 19 heavy (non-hydrogen) atoms. The van der Waals surface area contributed by atoms with Gasteiger partial charge in [-0.05, 0) is 35.8 Å². The summed E-state index contributed by atoms with van der Waals surface area (Å²) in [5, 5.41) is 0. The van der Waals surface area contributed by atoms with Crippen LogP contribution in [0.4, 0.5) is 0 Å². The molecule has 1 atom stereocenters. The van der Waals surface area contributed by atoms with Crippen molar-refractivity contribution >= 4 is 0 Å². The maximum atomic E-state index is 2.31. The minimum absolute atomic E-state index is 0. The molecular weight excluding hydrogens is 228 g/mol. The van der Waals surface area contributed by atoms with Crippen LogP contribution in [0.15, 0.2) is 60.7 Å². The predicted molar refractivity (Wildman–Crippen MR) is 85.5 cm³/mol. The van der Waals surface area contributed by atoms with Crippen molar-refractivity contribution in [3.05, 3.63) is 71.8 Å². The van der Waals surface area contributed by atoms with Gasteiger partial charge in [-0.25, -0.2) is 0 Å². The Morgan fingerprint density at radius 3 is 1.84 bits per heavy atom. The van der Waals surface area contributed by atoms with Crippen LogP contribution in [0.2, 0.25) is 0 Å². The first-order chi connectivity index (χ1) is 8.75. The van der Waals surface area contributed by atoms with E-state index < -0.39 is 0 Å². The van der Waals surface area contributed by atoms with Crippen LogP contribution in [0.3, 0.4) is 0 Å². The van der Waals surface area contributed by atoms with Crippen LogP contribution in [0.1, 0.15) is 44.7 Å². The molecule has 0 aromatic heterocycles. The van der Waals surface area contributed by atoms with Crippen molar-refractivity contribution in [2.45, 2.75) is 40.0 Å². The zero-order valence-corrected chi connectivity index (χ0v) is 11.3. The van der Waals surface area contributed by atoms with Crippen molar-refractivity contribution in [1.29, 1.82) is 0 Å². The topological polar surface area (TPSA) is 0 Å². The van der Waals surface area contributed by atoms with Crippen LogP contribution in [0, 0.1) is 5.92 Å². The van der Waals surface area contributed by atoms with Gasteiger partial charge in [-0.2, -0.15) is 0 Å². The van der Waals surface area contributed by atoms with E-state index in [-0.39, 0.29) is 7.43 Å². The Morgan fingerprint density at radius 2 is 1.32 bits per heavy atom. The molecule has 0 saturated carbocycles. The van der Waals surface area contributed by atoms with E-state index in [0.717, 1.165) is 12.3 Å². The monoisotopic (exact) mass is 254 g/mol. The zero-order valence-electron chi connectivity index (χ0n) is 11.3. The van der Waals surface area contributed by atoms with Crippen LogP contribution >= 0.6 is 0 Å². The van der Waals surface area contributed by atoms with Gasteiger partial charge in [-0.15, -0.1) is 0 Å². The fourth-order valence-electron chi connectivity index (χ4n) is 2.53. The maximum absolute atomic E-state index is 2.31. The third kappa shape index (κ3) is 4.90. The van der Waals surface area contributed by atoms with Gasteiger partial charge >= 0.3 is 0 Å². The number of hydrogen-bond acceptors (Lipinski definition) is 0. The molecule has 0 aliphatic rings. The van der Waals surface area contributed by atoms with Crippen molar-refractivity contribution in [3.63, 3.8) is 0 Å². The second kappa shape index (κ2) is 7.78. The van der Waals surface area contributed by atoms with Gasteiger partial charge in [-0.1, -0.05) is 81.9 Å². The lowest BCUT2D eigenvalue weighted by Crippen LogP contribution is -2.06. The number of rotatable bonds is 5. The van der Waals surface area contributed by atoms with E-state index in [1.165, 1.54) is 17.5 Å². The van der Waals surface area contributed by atoms with Gasteiger partial charge in [0.15, 0.2) is 0 Å². The van der Waals surface area contributed by atoms with Crippen molar-refractivity contribution in [2.24, 2.45) is 5.92 Å². The Kier molecular flexibility index (Phi) is 6.35. The molecule has 0 bridgehead atoms. The Morgan fingerprint density at radius 1 is 0.789 bits per heavy atom. The van der Waals surface area contributed by atoms with Crippen LogP contribution in [-0.2, 0) is 6.42 Å². The fourth-order valence-corrected chi connectivity index (χ4v) is 2.53. The maximum Gasteiger partial charge on any atom is -0.0119 e. The van der Waals surface area contributed by atoms with Gasteiger partial charge in [-0.3, -0.25) is 0 Å². The average molecular weight is 254 g/mol. The predicted octanol–water partition coefficient (Wildman–Crippen LogP) is 5.70. The van der Waals surface area contributed by atoms with E-state index in [1.807, 2.05) is 0 Å². The third-order valence-electron chi connectivity index (χ3n) is 3.35. The van der Waals surface area contributed by atoms with E-state index in [0.29, 0.717) is 5.92 Å². The van der Waals surface area contributed by atoms with Crippen molar-refractivity contribution in [2.75, 3.05) is 0 Å². The Balaban J connectivity index is 0.00000180. The molecule has 0 radical (unpaired) electrons. The van der Waals surface area contributed by atoms with Crippen molar-refractivity contribution in [1.82, 2.24) is 0 Å². The van der Waals surface area contributed by atoms with Crippen LogP contribution in [0.25, 0.3) is 0 Å². The molecule has 0 aliphatic heterocycles. The smallest absolute Gasteiger partial charge is 0.0119 e. The Labute approximate surface area is 118 Å². The summed E-state index contributed by atoms with van der Waals surface area (Å²) in [6, 6.07) is 21.7. The molecule has 0 spiro atoms. The molecule has 0 amide bonds. The first kappa shape index (κ1) is 15.5.